The Hall–Kier alpha value is -2.57. The van der Waals surface area contributed by atoms with Crippen LogP contribution in [0.2, 0.25) is 5.02 Å². The molecule has 0 saturated carbocycles. The lowest BCUT2D eigenvalue weighted by Crippen LogP contribution is -2.53. The molecule has 1 heterocycles. The Morgan fingerprint density at radius 2 is 1.72 bits per heavy atom. The van der Waals surface area contributed by atoms with Crippen molar-refractivity contribution in [2.75, 3.05) is 38.0 Å². The Balaban J connectivity index is 1.44. The molecule has 3 rings (SSSR count). The number of ether oxygens (including phenoxy) is 1. The van der Waals surface area contributed by atoms with Crippen LogP contribution in [0.5, 0.6) is 5.75 Å². The molecule has 6 nitrogen and oxygen atoms in total. The lowest BCUT2D eigenvalue weighted by Gasteiger charge is -2.35. The van der Waals surface area contributed by atoms with E-state index in [1.54, 1.807) is 24.0 Å². The second-order valence-corrected chi connectivity index (χ2v) is 7.61. The Bertz CT molecular complexity index is 849. The van der Waals surface area contributed by atoms with Crippen molar-refractivity contribution in [3.8, 4) is 5.75 Å². The van der Waals surface area contributed by atoms with Gasteiger partial charge < -0.3 is 15.0 Å². The molecule has 1 atom stereocenters. The zero-order valence-electron chi connectivity index (χ0n) is 16.7. The van der Waals surface area contributed by atoms with Crippen molar-refractivity contribution in [3.05, 3.63) is 59.1 Å². The van der Waals surface area contributed by atoms with Crippen molar-refractivity contribution in [2.45, 2.75) is 20.0 Å². The van der Waals surface area contributed by atoms with E-state index in [1.807, 2.05) is 48.2 Å². The summed E-state index contributed by atoms with van der Waals surface area (Å²) in [6, 6.07) is 14.8. The second kappa shape index (κ2) is 9.76. The van der Waals surface area contributed by atoms with Gasteiger partial charge in [0.2, 0.25) is 5.91 Å². The van der Waals surface area contributed by atoms with E-state index in [-0.39, 0.29) is 18.4 Å². The number of aryl methyl sites for hydroxylation is 1. The van der Waals surface area contributed by atoms with Crippen LogP contribution in [0.4, 0.5) is 5.69 Å². The van der Waals surface area contributed by atoms with Crippen molar-refractivity contribution in [3.63, 3.8) is 0 Å². The monoisotopic (exact) mass is 415 g/mol. The number of halogens is 1. The number of piperazine rings is 1. The van der Waals surface area contributed by atoms with Gasteiger partial charge in [-0.1, -0.05) is 41.4 Å². The number of rotatable bonds is 6. The number of nitrogens with one attached hydrogen (secondary N) is 1. The zero-order valence-corrected chi connectivity index (χ0v) is 17.5. The molecule has 1 N–H and O–H groups in total. The van der Waals surface area contributed by atoms with E-state index in [0.29, 0.717) is 42.6 Å². The molecule has 1 saturated heterocycles. The topological polar surface area (TPSA) is 61.9 Å². The second-order valence-electron chi connectivity index (χ2n) is 7.20. The van der Waals surface area contributed by atoms with Crippen molar-refractivity contribution in [2.24, 2.45) is 0 Å². The maximum absolute atomic E-state index is 12.7. The third kappa shape index (κ3) is 5.95. The number of carbonyl (C=O) groups is 2. The maximum atomic E-state index is 12.7. The van der Waals surface area contributed by atoms with Gasteiger partial charge in [0.25, 0.3) is 5.91 Å². The SMILES string of the molecule is Cc1ccc(O[C@H](C)C(=O)N2CCN(CC(=O)Nc3ccccc3Cl)CC2)cc1. The standard InChI is InChI=1S/C22H26ClN3O3/c1-16-7-9-18(10-8-16)29-17(2)22(28)26-13-11-25(12-14-26)15-21(27)24-20-6-4-3-5-19(20)23/h3-10,17H,11-15H2,1-2H3,(H,24,27)/t17-/m1/s1. The summed E-state index contributed by atoms with van der Waals surface area (Å²) in [4.78, 5) is 28.8. The number of para-hydroxylation sites is 1. The molecule has 7 heteroatoms. The highest BCUT2D eigenvalue weighted by molar-refractivity contribution is 6.33. The van der Waals surface area contributed by atoms with Gasteiger partial charge in [0.1, 0.15) is 5.75 Å². The quantitative estimate of drug-likeness (QED) is 0.787. The number of amides is 2. The number of nitrogens with zero attached hydrogens (tertiary/aromatic N) is 2. The van der Waals surface area contributed by atoms with Gasteiger partial charge in [0.05, 0.1) is 17.3 Å². The van der Waals surface area contributed by atoms with Gasteiger partial charge in [-0.05, 0) is 38.1 Å². The van der Waals surface area contributed by atoms with Gasteiger partial charge in [-0.2, -0.15) is 0 Å². The highest BCUT2D eigenvalue weighted by atomic mass is 35.5. The van der Waals surface area contributed by atoms with E-state index in [4.69, 9.17) is 16.3 Å². The third-order valence-corrected chi connectivity index (χ3v) is 5.21. The molecule has 2 aromatic rings. The molecule has 0 aliphatic carbocycles. The van der Waals surface area contributed by atoms with Gasteiger partial charge >= 0.3 is 0 Å². The van der Waals surface area contributed by atoms with Crippen LogP contribution < -0.4 is 10.1 Å². The average Bonchev–Trinajstić information content (AvgIpc) is 2.71. The fraction of sp³-hybridized carbons (Fsp3) is 0.364. The molecule has 0 spiro atoms. The summed E-state index contributed by atoms with van der Waals surface area (Å²) in [5.41, 5.74) is 1.75. The maximum Gasteiger partial charge on any atom is 0.263 e. The molecule has 2 amide bonds. The fourth-order valence-electron chi connectivity index (χ4n) is 3.21. The molecule has 1 fully saturated rings. The molecule has 154 valence electrons. The molecule has 2 aromatic carbocycles. The van der Waals surface area contributed by atoms with E-state index in [0.717, 1.165) is 5.56 Å². The predicted octanol–water partition coefficient (Wildman–Crippen LogP) is 3.20. The molecule has 29 heavy (non-hydrogen) atoms. The van der Waals surface area contributed by atoms with Crippen LogP contribution in [0.15, 0.2) is 48.5 Å². The van der Waals surface area contributed by atoms with Crippen molar-refractivity contribution in [1.82, 2.24) is 9.80 Å². The summed E-state index contributed by atoms with van der Waals surface area (Å²) < 4.78 is 5.77. The predicted molar refractivity (Wildman–Crippen MR) is 114 cm³/mol. The minimum Gasteiger partial charge on any atom is -0.481 e. The zero-order chi connectivity index (χ0) is 20.8. The Kier molecular flexibility index (Phi) is 7.12. The lowest BCUT2D eigenvalue weighted by molar-refractivity contribution is -0.139. The number of benzene rings is 2. The molecule has 0 bridgehead atoms. The first-order valence-electron chi connectivity index (χ1n) is 9.71. The summed E-state index contributed by atoms with van der Waals surface area (Å²) in [6.07, 6.45) is -0.548. The average molecular weight is 416 g/mol. The molecular formula is C22H26ClN3O3. The number of anilines is 1. The lowest BCUT2D eigenvalue weighted by atomic mass is 10.2. The highest BCUT2D eigenvalue weighted by Crippen LogP contribution is 2.20. The fourth-order valence-corrected chi connectivity index (χ4v) is 3.39. The van der Waals surface area contributed by atoms with E-state index in [2.05, 4.69) is 5.32 Å². The summed E-state index contributed by atoms with van der Waals surface area (Å²) in [5.74, 6) is 0.533. The van der Waals surface area contributed by atoms with Crippen LogP contribution in [0.3, 0.4) is 0 Å². The minimum absolute atomic E-state index is 0.0363. The van der Waals surface area contributed by atoms with Crippen molar-refractivity contribution >= 4 is 29.1 Å². The summed E-state index contributed by atoms with van der Waals surface area (Å²) in [7, 11) is 0. The molecule has 1 aliphatic heterocycles. The van der Waals surface area contributed by atoms with E-state index < -0.39 is 6.10 Å². The van der Waals surface area contributed by atoms with Crippen LogP contribution in [-0.2, 0) is 9.59 Å². The molecule has 0 aromatic heterocycles. The number of hydrogen-bond acceptors (Lipinski definition) is 4. The van der Waals surface area contributed by atoms with E-state index in [9.17, 15) is 9.59 Å². The Labute approximate surface area is 176 Å². The van der Waals surface area contributed by atoms with Crippen LogP contribution in [0.25, 0.3) is 0 Å². The van der Waals surface area contributed by atoms with E-state index >= 15 is 0 Å². The molecule has 0 unspecified atom stereocenters. The first-order valence-corrected chi connectivity index (χ1v) is 10.1. The summed E-state index contributed by atoms with van der Waals surface area (Å²) in [5, 5.41) is 3.34. The molecule has 0 radical (unpaired) electrons. The van der Waals surface area contributed by atoms with Gasteiger partial charge in [0, 0.05) is 26.2 Å². The van der Waals surface area contributed by atoms with Crippen molar-refractivity contribution < 1.29 is 14.3 Å². The summed E-state index contributed by atoms with van der Waals surface area (Å²) in [6.45, 7) is 6.46. The molecular weight excluding hydrogens is 390 g/mol. The molecule has 1 aliphatic rings. The van der Waals surface area contributed by atoms with Crippen LogP contribution >= 0.6 is 11.6 Å². The number of hydrogen-bond donors (Lipinski definition) is 1. The number of carbonyl (C=O) groups excluding carboxylic acids is 2. The first kappa shape index (κ1) is 21.1. The Morgan fingerprint density at radius 3 is 2.38 bits per heavy atom. The minimum atomic E-state index is -0.548. The normalized spacial score (nSPS) is 15.6. The van der Waals surface area contributed by atoms with E-state index in [1.165, 1.54) is 0 Å². The smallest absolute Gasteiger partial charge is 0.263 e. The Morgan fingerprint density at radius 1 is 1.07 bits per heavy atom. The van der Waals surface area contributed by atoms with Crippen LogP contribution in [0, 0.1) is 6.92 Å². The highest BCUT2D eigenvalue weighted by Gasteiger charge is 2.26. The van der Waals surface area contributed by atoms with Crippen molar-refractivity contribution in [1.29, 1.82) is 0 Å². The van der Waals surface area contributed by atoms with Gasteiger partial charge in [-0.3, -0.25) is 14.5 Å². The van der Waals surface area contributed by atoms with Gasteiger partial charge in [0.15, 0.2) is 6.10 Å². The van der Waals surface area contributed by atoms with Gasteiger partial charge in [-0.25, -0.2) is 0 Å². The third-order valence-electron chi connectivity index (χ3n) is 4.88. The van der Waals surface area contributed by atoms with Crippen LogP contribution in [0.1, 0.15) is 12.5 Å². The van der Waals surface area contributed by atoms with Gasteiger partial charge in [-0.15, -0.1) is 0 Å². The van der Waals surface area contributed by atoms with Crippen LogP contribution in [-0.4, -0.2) is 60.4 Å². The largest absolute Gasteiger partial charge is 0.481 e. The first-order chi connectivity index (χ1) is 13.9. The summed E-state index contributed by atoms with van der Waals surface area (Å²) >= 11 is 6.08.